The van der Waals surface area contributed by atoms with Gasteiger partial charge in [-0.25, -0.2) is 10.2 Å². The Morgan fingerprint density at radius 1 is 0.871 bits per heavy atom. The Balaban J connectivity index is 1.73. The first-order valence-electron chi connectivity index (χ1n) is 9.73. The van der Waals surface area contributed by atoms with Crippen LogP contribution < -0.4 is 20.2 Å². The second-order valence-electron chi connectivity index (χ2n) is 6.14. The lowest BCUT2D eigenvalue weighted by atomic mass is 10.2. The average molecular weight is 427 g/mol. The summed E-state index contributed by atoms with van der Waals surface area (Å²) in [6.07, 6.45) is 1.06. The van der Waals surface area contributed by atoms with E-state index in [2.05, 4.69) is 15.8 Å². The van der Waals surface area contributed by atoms with Gasteiger partial charge < -0.3 is 19.5 Å². The molecule has 0 aliphatic carbocycles. The minimum atomic E-state index is -0.547. The number of nitrogens with zero attached hydrogens (tertiary/aromatic N) is 1. The number of benzene rings is 2. The van der Waals surface area contributed by atoms with E-state index in [1.807, 2.05) is 6.92 Å². The summed E-state index contributed by atoms with van der Waals surface area (Å²) in [5.74, 6) is -0.247. The zero-order chi connectivity index (χ0) is 22.5. The topological polar surface area (TPSA) is 115 Å². The van der Waals surface area contributed by atoms with E-state index in [9.17, 15) is 14.4 Å². The third kappa shape index (κ3) is 8.99. The lowest BCUT2D eigenvalue weighted by Crippen LogP contribution is -2.24. The summed E-state index contributed by atoms with van der Waals surface area (Å²) in [6, 6.07) is 13.6. The number of rotatable bonds is 11. The van der Waals surface area contributed by atoms with Crippen LogP contribution in [0.25, 0.3) is 0 Å². The van der Waals surface area contributed by atoms with Gasteiger partial charge in [0, 0.05) is 5.69 Å². The molecule has 0 atom stereocenters. The van der Waals surface area contributed by atoms with E-state index in [4.69, 9.17) is 14.2 Å². The van der Waals surface area contributed by atoms with Gasteiger partial charge in [0.15, 0.2) is 6.61 Å². The van der Waals surface area contributed by atoms with Gasteiger partial charge in [-0.3, -0.25) is 9.59 Å². The Hall–Kier alpha value is -3.88. The fraction of sp³-hybridized carbons (Fsp3) is 0.273. The van der Waals surface area contributed by atoms with Crippen LogP contribution in [0.5, 0.6) is 11.5 Å². The molecule has 0 aromatic heterocycles. The zero-order valence-electron chi connectivity index (χ0n) is 17.4. The lowest BCUT2D eigenvalue weighted by molar-refractivity contribution is -0.145. The highest BCUT2D eigenvalue weighted by atomic mass is 16.6. The predicted octanol–water partition coefficient (Wildman–Crippen LogP) is 2.51. The molecular formula is C22H25N3O6. The number of carbonyl (C=O) groups excluding carboxylic acids is 3. The fourth-order valence-electron chi connectivity index (χ4n) is 2.37. The molecule has 164 valence electrons. The number of nitrogens with one attached hydrogen (secondary N) is 2. The molecule has 0 fully saturated rings. The van der Waals surface area contributed by atoms with E-state index in [1.54, 1.807) is 55.5 Å². The average Bonchev–Trinajstić information content (AvgIpc) is 2.75. The van der Waals surface area contributed by atoms with Crippen molar-refractivity contribution < 1.29 is 28.6 Å². The van der Waals surface area contributed by atoms with E-state index < -0.39 is 17.8 Å². The van der Waals surface area contributed by atoms with Crippen molar-refractivity contribution in [3.8, 4) is 11.5 Å². The number of ether oxygens (including phenoxy) is 3. The second-order valence-corrected chi connectivity index (χ2v) is 6.14. The molecule has 0 saturated carbocycles. The SMILES string of the molecule is CCOC(=O)COc1ccc(C=NNC(=O)CC(=O)Nc2ccc(OCC)cc2)cc1. The first kappa shape index (κ1) is 23.4. The molecule has 2 N–H and O–H groups in total. The van der Waals surface area contributed by atoms with Crippen LogP contribution in [0, 0.1) is 0 Å². The third-order valence-electron chi connectivity index (χ3n) is 3.72. The Kier molecular flexibility index (Phi) is 9.54. The lowest BCUT2D eigenvalue weighted by Gasteiger charge is -2.07. The number of amides is 2. The molecule has 9 nitrogen and oxygen atoms in total. The summed E-state index contributed by atoms with van der Waals surface area (Å²) in [4.78, 5) is 35.1. The maximum absolute atomic E-state index is 12.0. The molecule has 0 aliphatic heterocycles. The van der Waals surface area contributed by atoms with Crippen molar-refractivity contribution in [1.82, 2.24) is 5.43 Å². The molecule has 0 radical (unpaired) electrons. The van der Waals surface area contributed by atoms with Gasteiger partial charge in [-0.15, -0.1) is 0 Å². The van der Waals surface area contributed by atoms with E-state index >= 15 is 0 Å². The highest BCUT2D eigenvalue weighted by molar-refractivity contribution is 6.03. The first-order valence-corrected chi connectivity index (χ1v) is 9.73. The number of hydrogen-bond donors (Lipinski definition) is 2. The van der Waals surface area contributed by atoms with Gasteiger partial charge >= 0.3 is 5.97 Å². The highest BCUT2D eigenvalue weighted by Gasteiger charge is 2.09. The van der Waals surface area contributed by atoms with Crippen molar-refractivity contribution in [2.75, 3.05) is 25.1 Å². The van der Waals surface area contributed by atoms with Crippen LogP contribution in [-0.4, -0.2) is 43.8 Å². The van der Waals surface area contributed by atoms with Crippen LogP contribution >= 0.6 is 0 Å². The molecule has 2 amide bonds. The maximum Gasteiger partial charge on any atom is 0.344 e. The minimum absolute atomic E-state index is 0.171. The monoisotopic (exact) mass is 427 g/mol. The fourth-order valence-corrected chi connectivity index (χ4v) is 2.37. The molecule has 0 bridgehead atoms. The molecule has 0 saturated heterocycles. The molecule has 9 heteroatoms. The third-order valence-corrected chi connectivity index (χ3v) is 3.72. The molecule has 2 rings (SSSR count). The van der Waals surface area contributed by atoms with Gasteiger partial charge in [0.2, 0.25) is 11.8 Å². The zero-order valence-corrected chi connectivity index (χ0v) is 17.4. The smallest absolute Gasteiger partial charge is 0.344 e. The second kappa shape index (κ2) is 12.6. The molecule has 0 aliphatic rings. The van der Waals surface area contributed by atoms with E-state index in [1.165, 1.54) is 6.21 Å². The largest absolute Gasteiger partial charge is 0.494 e. The molecule has 0 heterocycles. The summed E-state index contributed by atoms with van der Waals surface area (Å²) >= 11 is 0. The van der Waals surface area contributed by atoms with Crippen LogP contribution in [0.3, 0.4) is 0 Å². The summed E-state index contributed by atoms with van der Waals surface area (Å²) < 4.78 is 15.4. The van der Waals surface area contributed by atoms with Crippen molar-refractivity contribution >= 4 is 29.7 Å². The standard InChI is InChI=1S/C22H25N3O6/c1-3-29-18-11-7-17(8-12-18)24-20(26)13-21(27)25-23-14-16-5-9-19(10-6-16)31-15-22(28)30-4-2/h5-12,14H,3-4,13,15H2,1-2H3,(H,24,26)(H,25,27). The number of hydrazone groups is 1. The van der Waals surface area contributed by atoms with Crippen molar-refractivity contribution in [3.05, 3.63) is 54.1 Å². The molecule has 31 heavy (non-hydrogen) atoms. The van der Waals surface area contributed by atoms with Crippen molar-refractivity contribution in [3.63, 3.8) is 0 Å². The predicted molar refractivity (Wildman–Crippen MR) is 115 cm³/mol. The quantitative estimate of drug-likeness (QED) is 0.246. The maximum atomic E-state index is 12.0. The normalized spacial score (nSPS) is 10.4. The van der Waals surface area contributed by atoms with E-state index in [0.29, 0.717) is 36.0 Å². The molecule has 2 aromatic carbocycles. The van der Waals surface area contributed by atoms with Gasteiger partial charge in [0.1, 0.15) is 17.9 Å². The van der Waals surface area contributed by atoms with Crippen LogP contribution in [0.4, 0.5) is 5.69 Å². The summed E-state index contributed by atoms with van der Waals surface area (Å²) in [7, 11) is 0. The van der Waals surface area contributed by atoms with E-state index in [-0.39, 0.29) is 13.0 Å². The number of hydrogen-bond acceptors (Lipinski definition) is 7. The van der Waals surface area contributed by atoms with Gasteiger partial charge in [-0.05, 0) is 67.9 Å². The van der Waals surface area contributed by atoms with Crippen LogP contribution in [-0.2, 0) is 19.1 Å². The summed E-state index contributed by atoms with van der Waals surface area (Å²) in [5.41, 5.74) is 3.56. The Morgan fingerprint density at radius 3 is 2.16 bits per heavy atom. The Morgan fingerprint density at radius 2 is 1.52 bits per heavy atom. The Labute approximate surface area is 180 Å². The summed E-state index contributed by atoms with van der Waals surface area (Å²) in [5, 5.41) is 6.46. The van der Waals surface area contributed by atoms with Crippen LogP contribution in [0.15, 0.2) is 53.6 Å². The number of carbonyl (C=O) groups is 3. The molecule has 2 aromatic rings. The van der Waals surface area contributed by atoms with Crippen molar-refractivity contribution in [1.29, 1.82) is 0 Å². The molecule has 0 spiro atoms. The van der Waals surface area contributed by atoms with E-state index in [0.717, 1.165) is 0 Å². The van der Waals surface area contributed by atoms with Crippen LogP contribution in [0.2, 0.25) is 0 Å². The molecule has 0 unspecified atom stereocenters. The van der Waals surface area contributed by atoms with Gasteiger partial charge in [0.25, 0.3) is 0 Å². The number of anilines is 1. The Bertz CT molecular complexity index is 894. The molecular weight excluding hydrogens is 402 g/mol. The van der Waals surface area contributed by atoms with Crippen molar-refractivity contribution in [2.24, 2.45) is 5.10 Å². The van der Waals surface area contributed by atoms with Crippen molar-refractivity contribution in [2.45, 2.75) is 20.3 Å². The highest BCUT2D eigenvalue weighted by Crippen LogP contribution is 2.15. The summed E-state index contributed by atoms with van der Waals surface area (Å²) in [6.45, 7) is 4.29. The van der Waals surface area contributed by atoms with Gasteiger partial charge in [-0.2, -0.15) is 5.10 Å². The van der Waals surface area contributed by atoms with Gasteiger partial charge in [-0.1, -0.05) is 0 Å². The first-order chi connectivity index (χ1) is 15.0. The minimum Gasteiger partial charge on any atom is -0.494 e. The van der Waals surface area contributed by atoms with Gasteiger partial charge in [0.05, 0.1) is 19.4 Å². The number of esters is 1. The van der Waals surface area contributed by atoms with Crippen LogP contribution in [0.1, 0.15) is 25.8 Å².